The zero-order chi connectivity index (χ0) is 16.5. The second-order valence-electron chi connectivity index (χ2n) is 4.97. The number of Topliss-reactive ketones (excluding diaryl/α,β-unsaturated/α-hetero) is 1. The monoisotopic (exact) mass is 310 g/mol. The van der Waals surface area contributed by atoms with Gasteiger partial charge in [-0.25, -0.2) is 8.78 Å². The molecule has 6 nitrogen and oxygen atoms in total. The van der Waals surface area contributed by atoms with Gasteiger partial charge in [0.05, 0.1) is 11.3 Å². The first-order chi connectivity index (χ1) is 10.3. The third-order valence-electron chi connectivity index (χ3n) is 3.30. The van der Waals surface area contributed by atoms with Gasteiger partial charge in [0.2, 0.25) is 5.91 Å². The number of carbonyl (C=O) groups is 4. The number of ketones is 1. The summed E-state index contributed by atoms with van der Waals surface area (Å²) in [5, 5.41) is 2.22. The van der Waals surface area contributed by atoms with Crippen molar-refractivity contribution in [1.82, 2.24) is 0 Å². The molecule has 0 saturated heterocycles. The van der Waals surface area contributed by atoms with Crippen molar-refractivity contribution in [2.45, 2.75) is 18.8 Å². The number of hydrogen-bond donors (Lipinski definition) is 2. The minimum atomic E-state index is -3.06. The molecule has 1 aliphatic rings. The molecule has 0 unspecified atom stereocenters. The minimum absolute atomic E-state index is 0.0948. The van der Waals surface area contributed by atoms with Crippen molar-refractivity contribution in [1.29, 1.82) is 0 Å². The van der Waals surface area contributed by atoms with E-state index in [9.17, 15) is 28.0 Å². The zero-order valence-corrected chi connectivity index (χ0v) is 11.3. The molecule has 2 amide bonds. The highest BCUT2D eigenvalue weighted by atomic mass is 19.3. The Hall–Kier alpha value is -2.64. The molecule has 0 aromatic heterocycles. The lowest BCUT2D eigenvalue weighted by atomic mass is 10.0. The van der Waals surface area contributed by atoms with Crippen molar-refractivity contribution in [3.63, 3.8) is 0 Å². The molecule has 1 aromatic rings. The van der Waals surface area contributed by atoms with Crippen LogP contribution in [0.15, 0.2) is 18.2 Å². The fourth-order valence-corrected chi connectivity index (χ4v) is 2.04. The fourth-order valence-electron chi connectivity index (χ4n) is 2.04. The summed E-state index contributed by atoms with van der Waals surface area (Å²) in [6, 6.07) is 4.10. The largest absolute Gasteiger partial charge is 0.366 e. The highest BCUT2D eigenvalue weighted by molar-refractivity contribution is 6.26. The molecule has 0 bridgehead atoms. The van der Waals surface area contributed by atoms with Gasteiger partial charge in [-0.15, -0.1) is 0 Å². The van der Waals surface area contributed by atoms with Crippen LogP contribution in [0.3, 0.4) is 0 Å². The predicted octanol–water partition coefficient (Wildman–Crippen LogP) is 0.690. The van der Waals surface area contributed by atoms with Crippen LogP contribution in [0.2, 0.25) is 0 Å². The molecule has 1 atom stereocenters. The minimum Gasteiger partial charge on any atom is -0.366 e. The third kappa shape index (κ3) is 3.16. The summed E-state index contributed by atoms with van der Waals surface area (Å²) in [5.41, 5.74) is 5.10. The van der Waals surface area contributed by atoms with Gasteiger partial charge in [-0.1, -0.05) is 12.1 Å². The average molecular weight is 310 g/mol. The van der Waals surface area contributed by atoms with E-state index in [4.69, 9.17) is 5.73 Å². The van der Waals surface area contributed by atoms with Crippen LogP contribution in [0.4, 0.5) is 14.5 Å². The molecule has 1 aromatic carbocycles. The van der Waals surface area contributed by atoms with Gasteiger partial charge in [-0.05, 0) is 11.6 Å². The van der Waals surface area contributed by atoms with E-state index in [1.807, 2.05) is 0 Å². The number of anilines is 1. The first-order valence-corrected chi connectivity index (χ1v) is 6.34. The Morgan fingerprint density at radius 3 is 2.50 bits per heavy atom. The lowest BCUT2D eigenvalue weighted by Gasteiger charge is -2.13. The summed E-state index contributed by atoms with van der Waals surface area (Å²) >= 11 is 0. The summed E-state index contributed by atoms with van der Waals surface area (Å²) in [6.45, 7) is 0. The molecule has 3 N–H and O–H groups in total. The molecule has 0 heterocycles. The molecule has 1 fully saturated rings. The zero-order valence-electron chi connectivity index (χ0n) is 11.3. The third-order valence-corrected chi connectivity index (χ3v) is 3.30. The Bertz CT molecular complexity index is 673. The van der Waals surface area contributed by atoms with Gasteiger partial charge in [-0.3, -0.25) is 19.2 Å². The van der Waals surface area contributed by atoms with E-state index >= 15 is 0 Å². The highest BCUT2D eigenvalue weighted by Crippen LogP contribution is 2.49. The van der Waals surface area contributed by atoms with Crippen molar-refractivity contribution in [2.24, 2.45) is 11.7 Å². The van der Waals surface area contributed by atoms with Crippen LogP contribution in [0.5, 0.6) is 0 Å². The predicted molar refractivity (Wildman–Crippen MR) is 71.4 cm³/mol. The van der Waals surface area contributed by atoms with Crippen LogP contribution in [0.1, 0.15) is 22.3 Å². The fraction of sp³-hybridized carbons (Fsp3) is 0.286. The van der Waals surface area contributed by atoms with E-state index in [1.165, 1.54) is 18.2 Å². The number of hydrogen-bond acceptors (Lipinski definition) is 4. The summed E-state index contributed by atoms with van der Waals surface area (Å²) in [6.07, 6.45) is -0.848. The quantitative estimate of drug-likeness (QED) is 0.595. The maximum Gasteiger partial charge on any atom is 0.260 e. The molecule has 0 radical (unpaired) electrons. The number of aldehydes is 1. The molecule has 0 spiro atoms. The van der Waals surface area contributed by atoms with E-state index in [-0.39, 0.29) is 29.5 Å². The van der Waals surface area contributed by atoms with E-state index in [1.54, 1.807) is 0 Å². The normalized spacial score (nSPS) is 18.4. The molecular weight excluding hydrogens is 298 g/mol. The van der Waals surface area contributed by atoms with Crippen LogP contribution in [0, 0.1) is 5.92 Å². The van der Waals surface area contributed by atoms with Crippen LogP contribution >= 0.6 is 0 Å². The number of alkyl halides is 2. The SMILES string of the molecule is NC(=O)c1cccc(CC(=O)C=O)c1NC(=O)[C@H]1CC1(F)F. The lowest BCUT2D eigenvalue weighted by molar-refractivity contribution is -0.129. The Labute approximate surface area is 123 Å². The van der Waals surface area contributed by atoms with Crippen molar-refractivity contribution in [3.05, 3.63) is 29.3 Å². The number of amides is 2. The Morgan fingerprint density at radius 1 is 1.36 bits per heavy atom. The van der Waals surface area contributed by atoms with Crippen LogP contribution < -0.4 is 11.1 Å². The Morgan fingerprint density at radius 2 is 2.00 bits per heavy atom. The maximum absolute atomic E-state index is 12.9. The van der Waals surface area contributed by atoms with Crippen LogP contribution in [0.25, 0.3) is 0 Å². The first-order valence-electron chi connectivity index (χ1n) is 6.34. The van der Waals surface area contributed by atoms with Gasteiger partial charge >= 0.3 is 0 Å². The second kappa shape index (κ2) is 5.63. The van der Waals surface area contributed by atoms with Crippen molar-refractivity contribution in [2.75, 3.05) is 5.32 Å². The average Bonchev–Trinajstić information content (AvgIpc) is 3.09. The molecule has 2 rings (SSSR count). The molecule has 22 heavy (non-hydrogen) atoms. The number of para-hydroxylation sites is 1. The number of halogens is 2. The topological polar surface area (TPSA) is 106 Å². The van der Waals surface area contributed by atoms with Gasteiger partial charge in [0.25, 0.3) is 11.8 Å². The summed E-state index contributed by atoms with van der Waals surface area (Å²) in [5.74, 6) is -7.17. The smallest absolute Gasteiger partial charge is 0.260 e. The van der Waals surface area contributed by atoms with Gasteiger partial charge in [-0.2, -0.15) is 0 Å². The Balaban J connectivity index is 2.33. The standard InChI is InChI=1S/C14H12F2N2O4/c15-14(16)5-10(14)13(22)18-11-7(4-8(20)6-19)2-1-3-9(11)12(17)21/h1-3,6,10H,4-5H2,(H2,17,21)(H,18,22)/t10-/m1/s1. The number of nitrogens with two attached hydrogens (primary N) is 1. The van der Waals surface area contributed by atoms with Gasteiger partial charge < -0.3 is 11.1 Å². The van der Waals surface area contributed by atoms with Gasteiger partial charge in [0.15, 0.2) is 12.1 Å². The summed E-state index contributed by atoms with van der Waals surface area (Å²) < 4.78 is 25.8. The van der Waals surface area contributed by atoms with Crippen molar-refractivity contribution in [3.8, 4) is 0 Å². The number of primary amides is 1. The number of rotatable bonds is 6. The molecular formula is C14H12F2N2O4. The van der Waals surface area contributed by atoms with E-state index in [0.717, 1.165) is 0 Å². The van der Waals surface area contributed by atoms with Crippen molar-refractivity contribution >= 4 is 29.6 Å². The van der Waals surface area contributed by atoms with E-state index in [2.05, 4.69) is 5.32 Å². The molecule has 1 aliphatic carbocycles. The van der Waals surface area contributed by atoms with E-state index in [0.29, 0.717) is 0 Å². The molecule has 1 saturated carbocycles. The van der Waals surface area contributed by atoms with Crippen LogP contribution in [-0.4, -0.2) is 29.8 Å². The number of nitrogens with one attached hydrogen (secondary N) is 1. The summed E-state index contributed by atoms with van der Waals surface area (Å²) in [7, 11) is 0. The molecule has 116 valence electrons. The summed E-state index contributed by atoms with van der Waals surface area (Å²) in [4.78, 5) is 44.8. The maximum atomic E-state index is 12.9. The lowest BCUT2D eigenvalue weighted by Crippen LogP contribution is -2.23. The molecule has 0 aliphatic heterocycles. The Kier molecular flexibility index (Phi) is 4.03. The second-order valence-corrected chi connectivity index (χ2v) is 4.97. The van der Waals surface area contributed by atoms with Crippen molar-refractivity contribution < 1.29 is 28.0 Å². The van der Waals surface area contributed by atoms with Gasteiger partial charge in [0, 0.05) is 12.8 Å². The number of carbonyl (C=O) groups excluding carboxylic acids is 4. The molecule has 8 heteroatoms. The highest BCUT2D eigenvalue weighted by Gasteiger charge is 2.61. The number of benzene rings is 1. The first kappa shape index (κ1) is 15.7. The van der Waals surface area contributed by atoms with E-state index < -0.39 is 35.9 Å². The van der Waals surface area contributed by atoms with Crippen LogP contribution in [-0.2, 0) is 20.8 Å². The van der Waals surface area contributed by atoms with Gasteiger partial charge in [0.1, 0.15) is 5.92 Å².